The lowest BCUT2D eigenvalue weighted by Gasteiger charge is -2.27. The van der Waals surface area contributed by atoms with Gasteiger partial charge in [0.25, 0.3) is 5.69 Å². The van der Waals surface area contributed by atoms with Gasteiger partial charge < -0.3 is 10.2 Å². The number of nitrogens with zero attached hydrogens (tertiary/aromatic N) is 2. The van der Waals surface area contributed by atoms with E-state index in [1.165, 1.54) is 0 Å². The fourth-order valence-corrected chi connectivity index (χ4v) is 2.32. The molecule has 1 fully saturated rings. The van der Waals surface area contributed by atoms with Crippen LogP contribution in [0.5, 0.6) is 0 Å². The van der Waals surface area contributed by atoms with Crippen LogP contribution in [-0.4, -0.2) is 31.1 Å². The molecular weight excluding hydrogens is 218 g/mol. The summed E-state index contributed by atoms with van der Waals surface area (Å²) in [7, 11) is 2.05. The smallest absolute Gasteiger partial charge is 0.269 e. The van der Waals surface area contributed by atoms with Gasteiger partial charge in [0.15, 0.2) is 0 Å². The summed E-state index contributed by atoms with van der Waals surface area (Å²) in [6.45, 7) is 3.94. The highest BCUT2D eigenvalue weighted by molar-refractivity contribution is 5.57. The van der Waals surface area contributed by atoms with Crippen molar-refractivity contribution in [2.24, 2.45) is 0 Å². The highest BCUT2D eigenvalue weighted by Gasteiger charge is 2.21. The molecule has 0 radical (unpaired) electrons. The number of hydrogen-bond acceptors (Lipinski definition) is 4. The van der Waals surface area contributed by atoms with Gasteiger partial charge in [-0.25, -0.2) is 0 Å². The Balaban J connectivity index is 2.23. The number of benzene rings is 1. The number of aryl methyl sites for hydroxylation is 1. The van der Waals surface area contributed by atoms with Crippen molar-refractivity contribution in [2.75, 3.05) is 25.0 Å². The predicted octanol–water partition coefficient (Wildman–Crippen LogP) is 1.70. The molecule has 5 heteroatoms. The molecule has 1 saturated heterocycles. The normalized spacial score (nSPS) is 19.3. The number of likely N-dealkylation sites (N-methyl/N-ethyl adjacent to an activating group) is 1. The van der Waals surface area contributed by atoms with Crippen molar-refractivity contribution in [2.45, 2.75) is 19.4 Å². The van der Waals surface area contributed by atoms with Crippen molar-refractivity contribution in [1.29, 1.82) is 0 Å². The Kier molecular flexibility index (Phi) is 3.28. The van der Waals surface area contributed by atoms with E-state index in [1.807, 2.05) is 20.0 Å². The van der Waals surface area contributed by atoms with E-state index >= 15 is 0 Å². The zero-order valence-corrected chi connectivity index (χ0v) is 10.1. The highest BCUT2D eigenvalue weighted by Crippen LogP contribution is 2.26. The summed E-state index contributed by atoms with van der Waals surface area (Å²) >= 11 is 0. The number of rotatable bonds is 3. The van der Waals surface area contributed by atoms with Gasteiger partial charge in [0.1, 0.15) is 0 Å². The summed E-state index contributed by atoms with van der Waals surface area (Å²) in [6.07, 6.45) is 1.12. The molecule has 1 N–H and O–H groups in total. The van der Waals surface area contributed by atoms with Crippen LogP contribution in [0.3, 0.4) is 0 Å². The maximum atomic E-state index is 10.7. The molecule has 0 aromatic heterocycles. The monoisotopic (exact) mass is 235 g/mol. The topological polar surface area (TPSA) is 58.4 Å². The molecule has 1 heterocycles. The van der Waals surface area contributed by atoms with Gasteiger partial charge in [-0.15, -0.1) is 0 Å². The minimum Gasteiger partial charge on any atom is -0.370 e. The van der Waals surface area contributed by atoms with E-state index in [1.54, 1.807) is 12.1 Å². The van der Waals surface area contributed by atoms with E-state index in [0.717, 1.165) is 30.8 Å². The number of non-ortho nitro benzene ring substituents is 1. The van der Waals surface area contributed by atoms with Gasteiger partial charge in [0, 0.05) is 37.5 Å². The molecule has 5 nitrogen and oxygen atoms in total. The van der Waals surface area contributed by atoms with E-state index in [2.05, 4.69) is 10.2 Å². The first-order valence-electron chi connectivity index (χ1n) is 5.78. The first-order chi connectivity index (χ1) is 8.09. The summed E-state index contributed by atoms with van der Waals surface area (Å²) in [5, 5.41) is 14.0. The highest BCUT2D eigenvalue weighted by atomic mass is 16.6. The summed E-state index contributed by atoms with van der Waals surface area (Å²) in [4.78, 5) is 12.5. The lowest BCUT2D eigenvalue weighted by molar-refractivity contribution is -0.384. The van der Waals surface area contributed by atoms with Gasteiger partial charge in [-0.3, -0.25) is 10.1 Å². The molecule has 17 heavy (non-hydrogen) atoms. The summed E-state index contributed by atoms with van der Waals surface area (Å²) < 4.78 is 0. The Morgan fingerprint density at radius 1 is 1.53 bits per heavy atom. The molecule has 1 aliphatic rings. The fraction of sp³-hybridized carbons (Fsp3) is 0.500. The van der Waals surface area contributed by atoms with Crippen LogP contribution in [0.2, 0.25) is 0 Å². The molecule has 0 amide bonds. The summed E-state index contributed by atoms with van der Waals surface area (Å²) in [5.74, 6) is 0. The van der Waals surface area contributed by atoms with Crippen LogP contribution in [0.1, 0.15) is 12.0 Å². The van der Waals surface area contributed by atoms with E-state index in [-0.39, 0.29) is 10.6 Å². The third kappa shape index (κ3) is 2.39. The number of anilines is 1. The van der Waals surface area contributed by atoms with Gasteiger partial charge in [-0.05, 0) is 31.5 Å². The van der Waals surface area contributed by atoms with Gasteiger partial charge >= 0.3 is 0 Å². The first kappa shape index (κ1) is 11.9. The average Bonchev–Trinajstić information content (AvgIpc) is 2.81. The van der Waals surface area contributed by atoms with Crippen molar-refractivity contribution in [3.8, 4) is 0 Å². The van der Waals surface area contributed by atoms with Crippen LogP contribution in [-0.2, 0) is 0 Å². The van der Waals surface area contributed by atoms with Crippen molar-refractivity contribution < 1.29 is 4.92 Å². The molecule has 1 aromatic rings. The average molecular weight is 235 g/mol. The second-order valence-corrected chi connectivity index (χ2v) is 4.49. The zero-order valence-electron chi connectivity index (χ0n) is 10.1. The first-order valence-corrected chi connectivity index (χ1v) is 5.78. The molecule has 0 bridgehead atoms. The largest absolute Gasteiger partial charge is 0.370 e. The van der Waals surface area contributed by atoms with Crippen LogP contribution >= 0.6 is 0 Å². The molecule has 2 rings (SSSR count). The number of nitro groups is 1. The number of nitrogens with one attached hydrogen (secondary N) is 1. The van der Waals surface area contributed by atoms with Crippen molar-refractivity contribution in [3.05, 3.63) is 33.9 Å². The summed E-state index contributed by atoms with van der Waals surface area (Å²) in [6, 6.07) is 5.52. The molecule has 1 unspecified atom stereocenters. The Labute approximate surface area is 101 Å². The SMILES string of the molecule is Cc1cc([N+](=O)[O-])ccc1N(C)C1CCNC1. The molecule has 1 aromatic carbocycles. The molecule has 0 aliphatic carbocycles. The maximum absolute atomic E-state index is 10.7. The third-order valence-electron chi connectivity index (χ3n) is 3.35. The standard InChI is InChI=1S/C12H17N3O2/c1-9-7-10(15(16)17)3-4-12(9)14(2)11-5-6-13-8-11/h3-4,7,11,13H,5-6,8H2,1-2H3. The van der Waals surface area contributed by atoms with Crippen LogP contribution in [0.15, 0.2) is 18.2 Å². The minimum atomic E-state index is -0.353. The quantitative estimate of drug-likeness (QED) is 0.640. The van der Waals surface area contributed by atoms with Gasteiger partial charge in [0.05, 0.1) is 4.92 Å². The van der Waals surface area contributed by atoms with Gasteiger partial charge in [0.2, 0.25) is 0 Å². The molecule has 0 saturated carbocycles. The maximum Gasteiger partial charge on any atom is 0.269 e. The summed E-state index contributed by atoms with van der Waals surface area (Å²) in [5.41, 5.74) is 2.18. The van der Waals surface area contributed by atoms with Crippen LogP contribution in [0.25, 0.3) is 0 Å². The Hall–Kier alpha value is -1.62. The predicted molar refractivity (Wildman–Crippen MR) is 67.5 cm³/mol. The van der Waals surface area contributed by atoms with Gasteiger partial charge in [-0.1, -0.05) is 0 Å². The van der Waals surface area contributed by atoms with Crippen molar-refractivity contribution >= 4 is 11.4 Å². The molecule has 1 atom stereocenters. The zero-order chi connectivity index (χ0) is 12.4. The Bertz CT molecular complexity index is 428. The van der Waals surface area contributed by atoms with Gasteiger partial charge in [-0.2, -0.15) is 0 Å². The second kappa shape index (κ2) is 4.71. The number of hydrogen-bond donors (Lipinski definition) is 1. The molecule has 1 aliphatic heterocycles. The number of nitro benzene ring substituents is 1. The van der Waals surface area contributed by atoms with Crippen molar-refractivity contribution in [1.82, 2.24) is 5.32 Å². The lowest BCUT2D eigenvalue weighted by atomic mass is 10.1. The molecular formula is C12H17N3O2. The van der Waals surface area contributed by atoms with E-state index in [0.29, 0.717) is 6.04 Å². The Morgan fingerprint density at radius 2 is 2.29 bits per heavy atom. The van der Waals surface area contributed by atoms with Crippen molar-refractivity contribution in [3.63, 3.8) is 0 Å². The second-order valence-electron chi connectivity index (χ2n) is 4.49. The third-order valence-corrected chi connectivity index (χ3v) is 3.35. The Morgan fingerprint density at radius 3 is 2.82 bits per heavy atom. The van der Waals surface area contributed by atoms with E-state index in [9.17, 15) is 10.1 Å². The van der Waals surface area contributed by atoms with Crippen LogP contribution < -0.4 is 10.2 Å². The molecule has 92 valence electrons. The van der Waals surface area contributed by atoms with E-state index < -0.39 is 0 Å². The lowest BCUT2D eigenvalue weighted by Crippen LogP contribution is -2.33. The fourth-order valence-electron chi connectivity index (χ4n) is 2.32. The molecule has 0 spiro atoms. The van der Waals surface area contributed by atoms with Crippen LogP contribution in [0, 0.1) is 17.0 Å². The van der Waals surface area contributed by atoms with Crippen LogP contribution in [0.4, 0.5) is 11.4 Å². The van der Waals surface area contributed by atoms with E-state index in [4.69, 9.17) is 0 Å². The minimum absolute atomic E-state index is 0.157.